The van der Waals surface area contributed by atoms with E-state index in [1.807, 2.05) is 17.9 Å². The van der Waals surface area contributed by atoms with Gasteiger partial charge in [0.05, 0.1) is 16.9 Å². The first-order valence-corrected chi connectivity index (χ1v) is 9.28. The Bertz CT molecular complexity index is 1020. The molecule has 1 aromatic heterocycles. The summed E-state index contributed by atoms with van der Waals surface area (Å²) >= 11 is 0. The third kappa shape index (κ3) is 2.84. The predicted octanol–water partition coefficient (Wildman–Crippen LogP) is 2.10. The lowest BCUT2D eigenvalue weighted by Gasteiger charge is -2.38. The lowest BCUT2D eigenvalue weighted by molar-refractivity contribution is 0.0694. The largest absolute Gasteiger partial charge is 0.487 e. The number of carbonyl (C=O) groups is 1. The summed E-state index contributed by atoms with van der Waals surface area (Å²) in [5, 5.41) is 9.39. The number of halogens is 1. The van der Waals surface area contributed by atoms with Crippen molar-refractivity contribution in [3.63, 3.8) is 0 Å². The van der Waals surface area contributed by atoms with Gasteiger partial charge in [-0.25, -0.2) is 9.18 Å². The first-order chi connectivity index (χ1) is 13.4. The van der Waals surface area contributed by atoms with Gasteiger partial charge in [0.2, 0.25) is 5.43 Å². The standard InChI is InChI=1S/C20H22FN3O4/c1-3-4-22-5-7-23(8-6-22)17-15(21)9-13-16-19(17)28-11-12(2)24(16)10-14(18(13)25)20(26)27/h3,9-10,12H,1,4-8,11H2,2H3,(H,26,27). The number of carboxylic acids is 1. The van der Waals surface area contributed by atoms with Crippen LogP contribution in [0.2, 0.25) is 0 Å². The van der Waals surface area contributed by atoms with Crippen LogP contribution in [0, 0.1) is 5.82 Å². The van der Waals surface area contributed by atoms with E-state index in [9.17, 15) is 14.7 Å². The number of carboxylic acid groups (broad SMARTS) is 1. The van der Waals surface area contributed by atoms with Crippen LogP contribution in [-0.4, -0.2) is 59.9 Å². The van der Waals surface area contributed by atoms with Gasteiger partial charge in [-0.1, -0.05) is 6.08 Å². The minimum Gasteiger partial charge on any atom is -0.487 e. The molecule has 1 atom stereocenters. The molecule has 1 aromatic carbocycles. The van der Waals surface area contributed by atoms with Crippen molar-refractivity contribution >= 4 is 22.6 Å². The Morgan fingerprint density at radius 1 is 1.39 bits per heavy atom. The van der Waals surface area contributed by atoms with Crippen LogP contribution in [-0.2, 0) is 0 Å². The Morgan fingerprint density at radius 2 is 2.11 bits per heavy atom. The molecule has 0 aliphatic carbocycles. The minimum absolute atomic E-state index is 0.0352. The van der Waals surface area contributed by atoms with Crippen molar-refractivity contribution < 1.29 is 19.0 Å². The van der Waals surface area contributed by atoms with E-state index in [4.69, 9.17) is 4.74 Å². The number of rotatable bonds is 4. The molecule has 0 amide bonds. The van der Waals surface area contributed by atoms with E-state index in [0.717, 1.165) is 25.7 Å². The molecule has 0 saturated carbocycles. The monoisotopic (exact) mass is 387 g/mol. The molecule has 0 bridgehead atoms. The molecule has 2 aliphatic rings. The van der Waals surface area contributed by atoms with Gasteiger partial charge < -0.3 is 19.3 Å². The smallest absolute Gasteiger partial charge is 0.341 e. The zero-order chi connectivity index (χ0) is 20.0. The van der Waals surface area contributed by atoms with Crippen molar-refractivity contribution in [1.82, 2.24) is 9.47 Å². The van der Waals surface area contributed by atoms with Crippen LogP contribution in [0.5, 0.6) is 5.75 Å². The van der Waals surface area contributed by atoms with Crippen molar-refractivity contribution in [3.05, 3.63) is 46.5 Å². The third-order valence-electron chi connectivity index (χ3n) is 5.45. The molecule has 0 radical (unpaired) electrons. The lowest BCUT2D eigenvalue weighted by atomic mass is 10.1. The highest BCUT2D eigenvalue weighted by Crippen LogP contribution is 2.42. The summed E-state index contributed by atoms with van der Waals surface area (Å²) in [6.45, 7) is 9.46. The molecule has 1 N–H and O–H groups in total. The molecular formula is C20H22FN3O4. The number of benzene rings is 1. The van der Waals surface area contributed by atoms with Crippen LogP contribution in [0.4, 0.5) is 10.1 Å². The van der Waals surface area contributed by atoms with Crippen LogP contribution < -0.4 is 15.1 Å². The van der Waals surface area contributed by atoms with E-state index in [-0.39, 0.29) is 23.6 Å². The van der Waals surface area contributed by atoms with Gasteiger partial charge in [-0.05, 0) is 13.0 Å². The quantitative estimate of drug-likeness (QED) is 0.810. The van der Waals surface area contributed by atoms with Gasteiger partial charge >= 0.3 is 5.97 Å². The molecule has 4 rings (SSSR count). The maximum atomic E-state index is 15.1. The fourth-order valence-corrected chi connectivity index (χ4v) is 4.00. The number of hydrogen-bond donors (Lipinski definition) is 1. The Hall–Kier alpha value is -2.87. The molecule has 0 spiro atoms. The number of anilines is 1. The van der Waals surface area contributed by atoms with E-state index in [0.29, 0.717) is 30.0 Å². The fourth-order valence-electron chi connectivity index (χ4n) is 4.00. The average molecular weight is 387 g/mol. The predicted molar refractivity (Wildman–Crippen MR) is 104 cm³/mol. The van der Waals surface area contributed by atoms with E-state index < -0.39 is 17.2 Å². The second-order valence-corrected chi connectivity index (χ2v) is 7.25. The number of aromatic carboxylic acids is 1. The Kier molecular flexibility index (Phi) is 4.58. The maximum absolute atomic E-state index is 15.1. The van der Waals surface area contributed by atoms with E-state index in [2.05, 4.69) is 11.5 Å². The molecule has 2 aliphatic heterocycles. The molecule has 7 nitrogen and oxygen atoms in total. The number of piperazine rings is 1. The molecule has 1 unspecified atom stereocenters. The molecular weight excluding hydrogens is 365 g/mol. The van der Waals surface area contributed by atoms with Crippen molar-refractivity contribution in [1.29, 1.82) is 0 Å². The van der Waals surface area contributed by atoms with Gasteiger partial charge in [0, 0.05) is 38.9 Å². The van der Waals surface area contributed by atoms with Gasteiger partial charge in [-0.3, -0.25) is 9.69 Å². The SMILES string of the molecule is C=CCN1CCN(c2c(F)cc3c(=O)c(C(=O)O)cn4c3c2OCC4C)CC1. The topological polar surface area (TPSA) is 75.0 Å². The van der Waals surface area contributed by atoms with E-state index in [1.165, 1.54) is 6.20 Å². The zero-order valence-corrected chi connectivity index (χ0v) is 15.7. The number of nitrogens with zero attached hydrogens (tertiary/aromatic N) is 3. The number of pyridine rings is 1. The molecule has 2 aromatic rings. The summed E-state index contributed by atoms with van der Waals surface area (Å²) in [5.41, 5.74) is -0.260. The van der Waals surface area contributed by atoms with E-state index in [1.54, 1.807) is 4.57 Å². The summed E-state index contributed by atoms with van der Waals surface area (Å²) in [6.07, 6.45) is 3.19. The summed E-state index contributed by atoms with van der Waals surface area (Å²) in [7, 11) is 0. The Balaban J connectivity index is 1.88. The van der Waals surface area contributed by atoms with Crippen LogP contribution in [0.1, 0.15) is 23.3 Å². The summed E-state index contributed by atoms with van der Waals surface area (Å²) in [6, 6.07) is 0.980. The van der Waals surface area contributed by atoms with Crippen LogP contribution >= 0.6 is 0 Å². The highest BCUT2D eigenvalue weighted by molar-refractivity contribution is 5.97. The van der Waals surface area contributed by atoms with Crippen LogP contribution in [0.15, 0.2) is 29.7 Å². The van der Waals surface area contributed by atoms with Crippen molar-refractivity contribution in [2.24, 2.45) is 0 Å². The van der Waals surface area contributed by atoms with Gasteiger partial charge in [0.15, 0.2) is 11.6 Å². The summed E-state index contributed by atoms with van der Waals surface area (Å²) in [5.74, 6) is -1.57. The Morgan fingerprint density at radius 3 is 2.75 bits per heavy atom. The highest BCUT2D eigenvalue weighted by Gasteiger charge is 2.31. The Labute approximate surface area is 161 Å². The van der Waals surface area contributed by atoms with Crippen molar-refractivity contribution in [2.45, 2.75) is 13.0 Å². The van der Waals surface area contributed by atoms with Gasteiger partial charge in [-0.15, -0.1) is 6.58 Å². The zero-order valence-electron chi connectivity index (χ0n) is 15.7. The summed E-state index contributed by atoms with van der Waals surface area (Å²) < 4.78 is 22.7. The summed E-state index contributed by atoms with van der Waals surface area (Å²) in [4.78, 5) is 28.3. The molecule has 1 saturated heterocycles. The number of aromatic nitrogens is 1. The first-order valence-electron chi connectivity index (χ1n) is 9.28. The molecule has 3 heterocycles. The molecule has 28 heavy (non-hydrogen) atoms. The van der Waals surface area contributed by atoms with Crippen molar-refractivity contribution in [2.75, 3.05) is 44.2 Å². The van der Waals surface area contributed by atoms with Gasteiger partial charge in [-0.2, -0.15) is 0 Å². The van der Waals surface area contributed by atoms with E-state index >= 15 is 4.39 Å². The fraction of sp³-hybridized carbons (Fsp3) is 0.400. The molecule has 8 heteroatoms. The maximum Gasteiger partial charge on any atom is 0.341 e. The lowest BCUT2D eigenvalue weighted by Crippen LogP contribution is -2.47. The molecule has 148 valence electrons. The highest BCUT2D eigenvalue weighted by atomic mass is 19.1. The average Bonchev–Trinajstić information content (AvgIpc) is 2.67. The third-order valence-corrected chi connectivity index (χ3v) is 5.45. The normalized spacial score (nSPS) is 19.5. The minimum atomic E-state index is -1.32. The van der Waals surface area contributed by atoms with Crippen LogP contribution in [0.25, 0.3) is 10.9 Å². The number of hydrogen-bond acceptors (Lipinski definition) is 5. The van der Waals surface area contributed by atoms with Gasteiger partial charge in [0.1, 0.15) is 17.9 Å². The first kappa shape index (κ1) is 18.5. The number of ether oxygens (including phenoxy) is 1. The van der Waals surface area contributed by atoms with Gasteiger partial charge in [0.25, 0.3) is 0 Å². The van der Waals surface area contributed by atoms with Crippen LogP contribution in [0.3, 0.4) is 0 Å². The second kappa shape index (κ2) is 6.94. The molecule has 1 fully saturated rings. The van der Waals surface area contributed by atoms with Crippen molar-refractivity contribution in [3.8, 4) is 5.75 Å². The second-order valence-electron chi connectivity index (χ2n) is 7.25.